The van der Waals surface area contributed by atoms with E-state index in [4.69, 9.17) is 9.15 Å². The number of fused-ring (bicyclic) bond motifs is 3. The van der Waals surface area contributed by atoms with E-state index in [1.54, 1.807) is 6.92 Å². The molecule has 1 N–H and O–H groups in total. The molecule has 1 amide bonds. The third-order valence-electron chi connectivity index (χ3n) is 4.67. The number of hydrogen-bond donors (Lipinski definition) is 1. The smallest absolute Gasteiger partial charge is 0.387 e. The number of methoxy groups -OCH3 is 1. The largest absolute Gasteiger partial charge is 0.493 e. The lowest BCUT2D eigenvalue weighted by molar-refractivity contribution is -0.0511. The molecule has 0 aliphatic heterocycles. The zero-order chi connectivity index (χ0) is 20.5. The summed E-state index contributed by atoms with van der Waals surface area (Å²) in [6, 6.07) is 15.9. The number of amides is 1. The molecular formula is C22H17F2NO4. The van der Waals surface area contributed by atoms with Gasteiger partial charge < -0.3 is 19.2 Å². The molecule has 29 heavy (non-hydrogen) atoms. The van der Waals surface area contributed by atoms with Gasteiger partial charge in [-0.1, -0.05) is 36.4 Å². The second kappa shape index (κ2) is 7.43. The maximum absolute atomic E-state index is 12.8. The number of carbonyl (C=O) groups is 1. The van der Waals surface area contributed by atoms with Crippen molar-refractivity contribution < 1.29 is 27.5 Å². The van der Waals surface area contributed by atoms with Crippen LogP contribution in [0.1, 0.15) is 16.1 Å². The zero-order valence-corrected chi connectivity index (χ0v) is 15.7. The van der Waals surface area contributed by atoms with Crippen molar-refractivity contribution in [3.8, 4) is 11.5 Å². The molecule has 3 aromatic carbocycles. The number of alkyl halides is 2. The molecule has 0 bridgehead atoms. The summed E-state index contributed by atoms with van der Waals surface area (Å²) in [5, 5.41) is 5.41. The van der Waals surface area contributed by atoms with Gasteiger partial charge in [-0.15, -0.1) is 0 Å². The van der Waals surface area contributed by atoms with Gasteiger partial charge in [-0.3, -0.25) is 4.79 Å². The van der Waals surface area contributed by atoms with E-state index in [-0.39, 0.29) is 22.9 Å². The molecular weight excluding hydrogens is 380 g/mol. The molecule has 0 unspecified atom stereocenters. The number of hydrogen-bond acceptors (Lipinski definition) is 4. The van der Waals surface area contributed by atoms with Crippen LogP contribution in [0.25, 0.3) is 21.7 Å². The Kier molecular flexibility index (Phi) is 4.80. The summed E-state index contributed by atoms with van der Waals surface area (Å²) >= 11 is 0. The molecule has 0 aliphatic carbocycles. The van der Waals surface area contributed by atoms with E-state index in [9.17, 15) is 13.6 Å². The molecule has 148 valence electrons. The van der Waals surface area contributed by atoms with E-state index < -0.39 is 12.5 Å². The molecule has 7 heteroatoms. The summed E-state index contributed by atoms with van der Waals surface area (Å²) < 4.78 is 40.6. The number of anilines is 1. The number of nitrogens with one attached hydrogen (secondary N) is 1. The lowest BCUT2D eigenvalue weighted by atomic mass is 10.1. The first-order valence-corrected chi connectivity index (χ1v) is 8.83. The van der Waals surface area contributed by atoms with Gasteiger partial charge in [-0.2, -0.15) is 8.78 Å². The molecule has 0 spiro atoms. The van der Waals surface area contributed by atoms with Gasteiger partial charge in [0.15, 0.2) is 17.3 Å². The second-order valence-electron chi connectivity index (χ2n) is 6.42. The Morgan fingerprint density at radius 3 is 2.59 bits per heavy atom. The topological polar surface area (TPSA) is 60.7 Å². The molecule has 0 saturated carbocycles. The van der Waals surface area contributed by atoms with Crippen LogP contribution in [-0.4, -0.2) is 19.6 Å². The third-order valence-corrected chi connectivity index (χ3v) is 4.67. The Morgan fingerprint density at radius 1 is 1.03 bits per heavy atom. The first-order valence-electron chi connectivity index (χ1n) is 8.83. The Labute approximate surface area is 164 Å². The zero-order valence-electron chi connectivity index (χ0n) is 15.7. The average Bonchev–Trinajstić information content (AvgIpc) is 3.05. The summed E-state index contributed by atoms with van der Waals surface area (Å²) in [7, 11) is 1.34. The van der Waals surface area contributed by atoms with Gasteiger partial charge in [-0.25, -0.2) is 0 Å². The molecule has 1 heterocycles. The third kappa shape index (κ3) is 3.47. The normalized spacial score (nSPS) is 11.2. The Bertz CT molecular complexity index is 1220. The second-order valence-corrected chi connectivity index (χ2v) is 6.42. The van der Waals surface area contributed by atoms with Crippen LogP contribution in [0, 0.1) is 6.92 Å². The summed E-state index contributed by atoms with van der Waals surface area (Å²) in [5.74, 6) is -0.373. The fourth-order valence-electron chi connectivity index (χ4n) is 3.30. The van der Waals surface area contributed by atoms with E-state index in [1.807, 2.05) is 36.4 Å². The summed E-state index contributed by atoms with van der Waals surface area (Å²) in [6.45, 7) is -1.21. The Hall–Kier alpha value is -3.61. The molecule has 0 aliphatic rings. The van der Waals surface area contributed by atoms with Crippen LogP contribution in [0.15, 0.2) is 59.0 Å². The van der Waals surface area contributed by atoms with Crippen molar-refractivity contribution in [3.05, 3.63) is 65.9 Å². The van der Waals surface area contributed by atoms with Gasteiger partial charge in [0.2, 0.25) is 0 Å². The van der Waals surface area contributed by atoms with E-state index in [0.29, 0.717) is 11.1 Å². The van der Waals surface area contributed by atoms with Crippen molar-refractivity contribution >= 4 is 33.3 Å². The predicted octanol–water partition coefficient (Wildman–Crippen LogP) is 5.76. The number of rotatable bonds is 5. The van der Waals surface area contributed by atoms with Crippen LogP contribution in [0.5, 0.6) is 11.5 Å². The van der Waals surface area contributed by atoms with Crippen molar-refractivity contribution in [2.75, 3.05) is 12.4 Å². The fourth-order valence-corrected chi connectivity index (χ4v) is 3.30. The molecule has 0 atom stereocenters. The van der Waals surface area contributed by atoms with Crippen LogP contribution in [0.2, 0.25) is 0 Å². The number of carbonyl (C=O) groups excluding carboxylic acids is 1. The number of furan rings is 1. The number of aryl methyl sites for hydroxylation is 1. The SMILES string of the molecule is COc1ccc(NC(=O)c2oc3c(ccc4ccccc43)c2C)cc1OC(F)F. The molecule has 4 aromatic rings. The van der Waals surface area contributed by atoms with Crippen molar-refractivity contribution in [1.29, 1.82) is 0 Å². The van der Waals surface area contributed by atoms with Crippen molar-refractivity contribution in [2.24, 2.45) is 0 Å². The van der Waals surface area contributed by atoms with E-state index in [2.05, 4.69) is 10.1 Å². The summed E-state index contributed by atoms with van der Waals surface area (Å²) in [6.07, 6.45) is 0. The minimum atomic E-state index is -3.01. The number of halogens is 2. The van der Waals surface area contributed by atoms with Gasteiger partial charge in [-0.05, 0) is 24.4 Å². The first-order chi connectivity index (χ1) is 14.0. The van der Waals surface area contributed by atoms with Gasteiger partial charge in [0.1, 0.15) is 5.58 Å². The summed E-state index contributed by atoms with van der Waals surface area (Å²) in [5.41, 5.74) is 1.60. The molecule has 0 radical (unpaired) electrons. The Balaban J connectivity index is 1.69. The van der Waals surface area contributed by atoms with Gasteiger partial charge in [0.25, 0.3) is 5.91 Å². The molecule has 5 nitrogen and oxygen atoms in total. The van der Waals surface area contributed by atoms with Crippen LogP contribution in [0.4, 0.5) is 14.5 Å². The standard InChI is InChI=1S/C22H17F2NO4/c1-12-15-9-7-13-5-3-4-6-16(13)20(15)29-19(12)21(26)25-14-8-10-17(27-2)18(11-14)28-22(23)24/h3-11,22H,1-2H3,(H,25,26). The van der Waals surface area contributed by atoms with Gasteiger partial charge in [0, 0.05) is 28.1 Å². The average molecular weight is 397 g/mol. The van der Waals surface area contributed by atoms with Crippen LogP contribution in [0.3, 0.4) is 0 Å². The minimum absolute atomic E-state index is 0.134. The first kappa shape index (κ1) is 18.7. The van der Waals surface area contributed by atoms with Gasteiger partial charge >= 0.3 is 6.61 Å². The quantitative estimate of drug-likeness (QED) is 0.465. The van der Waals surface area contributed by atoms with Gasteiger partial charge in [0.05, 0.1) is 7.11 Å². The molecule has 4 rings (SSSR count). The maximum Gasteiger partial charge on any atom is 0.387 e. The number of benzene rings is 3. The van der Waals surface area contributed by atoms with E-state index in [0.717, 1.165) is 16.2 Å². The molecule has 1 aromatic heterocycles. The molecule has 0 saturated heterocycles. The highest BCUT2D eigenvalue weighted by Gasteiger charge is 2.20. The highest BCUT2D eigenvalue weighted by molar-refractivity contribution is 6.11. The maximum atomic E-state index is 12.8. The lowest BCUT2D eigenvalue weighted by Gasteiger charge is -2.12. The van der Waals surface area contributed by atoms with E-state index >= 15 is 0 Å². The molecule has 0 fully saturated rings. The predicted molar refractivity (Wildman–Crippen MR) is 106 cm³/mol. The highest BCUT2D eigenvalue weighted by atomic mass is 19.3. The lowest BCUT2D eigenvalue weighted by Crippen LogP contribution is -2.12. The van der Waals surface area contributed by atoms with Crippen LogP contribution in [-0.2, 0) is 0 Å². The van der Waals surface area contributed by atoms with E-state index in [1.165, 1.54) is 25.3 Å². The number of ether oxygens (including phenoxy) is 2. The highest BCUT2D eigenvalue weighted by Crippen LogP contribution is 2.34. The van der Waals surface area contributed by atoms with Crippen molar-refractivity contribution in [3.63, 3.8) is 0 Å². The van der Waals surface area contributed by atoms with Crippen molar-refractivity contribution in [1.82, 2.24) is 0 Å². The van der Waals surface area contributed by atoms with Crippen LogP contribution < -0.4 is 14.8 Å². The monoisotopic (exact) mass is 397 g/mol. The minimum Gasteiger partial charge on any atom is -0.493 e. The summed E-state index contributed by atoms with van der Waals surface area (Å²) in [4.78, 5) is 12.8. The van der Waals surface area contributed by atoms with Crippen molar-refractivity contribution in [2.45, 2.75) is 13.5 Å². The fraction of sp³-hybridized carbons (Fsp3) is 0.136. The van der Waals surface area contributed by atoms with Crippen LogP contribution >= 0.6 is 0 Å². The Morgan fingerprint density at radius 2 is 1.83 bits per heavy atom.